The second-order valence-corrected chi connectivity index (χ2v) is 7.25. The number of furan rings is 1. The van der Waals surface area contributed by atoms with Gasteiger partial charge in [0, 0.05) is 29.2 Å². The van der Waals surface area contributed by atoms with E-state index >= 15 is 0 Å². The number of hydrogen-bond acceptors (Lipinski definition) is 5. The molecule has 2 aromatic carbocycles. The average molecular weight is 428 g/mol. The summed E-state index contributed by atoms with van der Waals surface area (Å²) in [5.74, 6) is 1.05. The van der Waals surface area contributed by atoms with Crippen molar-refractivity contribution in [1.82, 2.24) is 5.32 Å². The lowest BCUT2D eigenvalue weighted by atomic mass is 10.1. The predicted molar refractivity (Wildman–Crippen MR) is 116 cm³/mol. The number of hydrogen-bond donors (Lipinski definition) is 2. The van der Waals surface area contributed by atoms with Crippen molar-refractivity contribution in [1.29, 1.82) is 0 Å². The topological polar surface area (TPSA) is 97.4 Å². The fourth-order valence-electron chi connectivity index (χ4n) is 2.96. The van der Waals surface area contributed by atoms with E-state index in [0.29, 0.717) is 35.1 Å². The molecule has 0 aliphatic heterocycles. The normalized spacial score (nSPS) is 11.8. The molecular weight excluding hydrogens is 406 g/mol. The standard InChI is InChI=1S/C22H22ClN3O4/c1-3-22(27)25-17-7-4-15(5-8-17)14(2)24-13-18-9-11-21(30-18)19-10-6-16(23)12-20(19)26(28)29/h4-12,14,24H,3,13H2,1-2H3,(H,25,27). The van der Waals surface area contributed by atoms with Gasteiger partial charge in [-0.3, -0.25) is 14.9 Å². The van der Waals surface area contributed by atoms with Crippen molar-refractivity contribution in [3.63, 3.8) is 0 Å². The molecule has 0 bridgehead atoms. The first-order valence-corrected chi connectivity index (χ1v) is 9.91. The molecule has 0 spiro atoms. The lowest BCUT2D eigenvalue weighted by Gasteiger charge is -2.14. The molecular formula is C22H22ClN3O4. The molecule has 1 heterocycles. The van der Waals surface area contributed by atoms with E-state index in [1.54, 1.807) is 31.2 Å². The summed E-state index contributed by atoms with van der Waals surface area (Å²) in [6, 6.07) is 15.7. The maximum absolute atomic E-state index is 11.5. The van der Waals surface area contributed by atoms with Crippen molar-refractivity contribution < 1.29 is 14.1 Å². The summed E-state index contributed by atoms with van der Waals surface area (Å²) < 4.78 is 5.80. The van der Waals surface area contributed by atoms with Gasteiger partial charge in [0.2, 0.25) is 5.91 Å². The maximum atomic E-state index is 11.5. The number of carbonyl (C=O) groups excluding carboxylic acids is 1. The van der Waals surface area contributed by atoms with Gasteiger partial charge < -0.3 is 15.1 Å². The number of halogens is 1. The Kier molecular flexibility index (Phi) is 6.87. The summed E-state index contributed by atoms with van der Waals surface area (Å²) in [6.45, 7) is 4.28. The minimum absolute atomic E-state index is 0.0246. The third-order valence-corrected chi connectivity index (χ3v) is 4.92. The molecule has 7 nitrogen and oxygen atoms in total. The van der Waals surface area contributed by atoms with Crippen molar-refractivity contribution in [2.75, 3.05) is 5.32 Å². The van der Waals surface area contributed by atoms with Gasteiger partial charge in [-0.2, -0.15) is 0 Å². The molecule has 0 saturated heterocycles. The number of carbonyl (C=O) groups is 1. The molecule has 30 heavy (non-hydrogen) atoms. The Morgan fingerprint density at radius 3 is 2.57 bits per heavy atom. The van der Waals surface area contributed by atoms with E-state index in [9.17, 15) is 14.9 Å². The van der Waals surface area contributed by atoms with E-state index in [1.807, 2.05) is 31.2 Å². The number of nitro groups is 1. The van der Waals surface area contributed by atoms with E-state index in [2.05, 4.69) is 10.6 Å². The SMILES string of the molecule is CCC(=O)Nc1ccc(C(C)NCc2ccc(-c3ccc(Cl)cc3[N+](=O)[O-])o2)cc1. The van der Waals surface area contributed by atoms with Crippen molar-refractivity contribution in [2.45, 2.75) is 32.9 Å². The zero-order valence-electron chi connectivity index (χ0n) is 16.6. The lowest BCUT2D eigenvalue weighted by Crippen LogP contribution is -2.17. The molecule has 3 rings (SSSR count). The summed E-state index contributed by atoms with van der Waals surface area (Å²) in [4.78, 5) is 22.3. The minimum atomic E-state index is -0.476. The van der Waals surface area contributed by atoms with Gasteiger partial charge in [0.1, 0.15) is 11.5 Å². The Labute approximate surface area is 179 Å². The number of nitrogens with zero attached hydrogens (tertiary/aromatic N) is 1. The largest absolute Gasteiger partial charge is 0.459 e. The van der Waals surface area contributed by atoms with Gasteiger partial charge in [-0.25, -0.2) is 0 Å². The van der Waals surface area contributed by atoms with E-state index < -0.39 is 4.92 Å². The quantitative estimate of drug-likeness (QED) is 0.354. The number of nitro benzene ring substituents is 1. The van der Waals surface area contributed by atoms with Crippen LogP contribution in [0.5, 0.6) is 0 Å². The average Bonchev–Trinajstić information content (AvgIpc) is 3.21. The molecule has 2 N–H and O–H groups in total. The molecule has 0 fully saturated rings. The summed E-state index contributed by atoms with van der Waals surface area (Å²) in [7, 11) is 0. The van der Waals surface area contributed by atoms with Gasteiger partial charge >= 0.3 is 0 Å². The van der Waals surface area contributed by atoms with Crippen LogP contribution >= 0.6 is 11.6 Å². The van der Waals surface area contributed by atoms with Crippen LogP contribution < -0.4 is 10.6 Å². The van der Waals surface area contributed by atoms with Crippen LogP contribution in [0.4, 0.5) is 11.4 Å². The Bertz CT molecular complexity index is 1050. The van der Waals surface area contributed by atoms with E-state index in [4.69, 9.17) is 16.0 Å². The fourth-order valence-corrected chi connectivity index (χ4v) is 3.12. The minimum Gasteiger partial charge on any atom is -0.459 e. The fraction of sp³-hybridized carbons (Fsp3) is 0.227. The zero-order chi connectivity index (χ0) is 21.7. The molecule has 0 radical (unpaired) electrons. The maximum Gasteiger partial charge on any atom is 0.281 e. The van der Waals surface area contributed by atoms with Crippen LogP contribution in [0, 0.1) is 10.1 Å². The highest BCUT2D eigenvalue weighted by Gasteiger charge is 2.19. The Morgan fingerprint density at radius 2 is 1.90 bits per heavy atom. The van der Waals surface area contributed by atoms with Crippen LogP contribution in [0.1, 0.15) is 37.6 Å². The van der Waals surface area contributed by atoms with Crippen LogP contribution in [-0.2, 0) is 11.3 Å². The van der Waals surface area contributed by atoms with Gasteiger partial charge in [0.25, 0.3) is 5.69 Å². The highest BCUT2D eigenvalue weighted by molar-refractivity contribution is 6.30. The van der Waals surface area contributed by atoms with Gasteiger partial charge in [-0.1, -0.05) is 30.7 Å². The van der Waals surface area contributed by atoms with Crippen LogP contribution in [-0.4, -0.2) is 10.8 Å². The van der Waals surface area contributed by atoms with Crippen LogP contribution in [0.2, 0.25) is 5.02 Å². The van der Waals surface area contributed by atoms with Gasteiger partial charge in [0.05, 0.1) is 17.0 Å². The molecule has 0 aliphatic rings. The van der Waals surface area contributed by atoms with Crippen molar-refractivity contribution in [2.24, 2.45) is 0 Å². The molecule has 1 unspecified atom stereocenters. The summed E-state index contributed by atoms with van der Waals surface area (Å²) >= 11 is 5.87. The first kappa shape index (κ1) is 21.5. The van der Waals surface area contributed by atoms with Gasteiger partial charge in [-0.05, 0) is 48.9 Å². The monoisotopic (exact) mass is 427 g/mol. The molecule has 156 valence electrons. The predicted octanol–water partition coefficient (Wildman–Crippen LogP) is 5.71. The lowest BCUT2D eigenvalue weighted by molar-refractivity contribution is -0.384. The van der Waals surface area contributed by atoms with Crippen molar-refractivity contribution in [3.8, 4) is 11.3 Å². The molecule has 1 amide bonds. The molecule has 8 heteroatoms. The van der Waals surface area contributed by atoms with E-state index in [1.165, 1.54) is 6.07 Å². The molecule has 0 saturated carbocycles. The molecule has 0 aliphatic carbocycles. The summed E-state index contributed by atoms with van der Waals surface area (Å²) in [5, 5.41) is 17.8. The van der Waals surface area contributed by atoms with Gasteiger partial charge in [0.15, 0.2) is 0 Å². The first-order chi connectivity index (χ1) is 14.4. The van der Waals surface area contributed by atoms with Crippen LogP contribution in [0.3, 0.4) is 0 Å². The van der Waals surface area contributed by atoms with Crippen molar-refractivity contribution in [3.05, 3.63) is 81.1 Å². The van der Waals surface area contributed by atoms with E-state index in [-0.39, 0.29) is 17.6 Å². The number of rotatable bonds is 8. The number of nitrogens with one attached hydrogen (secondary N) is 2. The van der Waals surface area contributed by atoms with Gasteiger partial charge in [-0.15, -0.1) is 0 Å². The van der Waals surface area contributed by atoms with Crippen LogP contribution in [0.15, 0.2) is 59.0 Å². The zero-order valence-corrected chi connectivity index (χ0v) is 17.4. The Hall–Kier alpha value is -3.16. The first-order valence-electron chi connectivity index (χ1n) is 9.53. The third kappa shape index (κ3) is 5.25. The number of anilines is 1. The molecule has 1 aromatic heterocycles. The smallest absolute Gasteiger partial charge is 0.281 e. The second kappa shape index (κ2) is 9.56. The molecule has 3 aromatic rings. The third-order valence-electron chi connectivity index (χ3n) is 4.68. The number of benzene rings is 2. The molecule has 1 atom stereocenters. The van der Waals surface area contributed by atoms with Crippen LogP contribution in [0.25, 0.3) is 11.3 Å². The van der Waals surface area contributed by atoms with Crippen molar-refractivity contribution >= 4 is 28.9 Å². The number of amides is 1. The Morgan fingerprint density at radius 1 is 1.17 bits per heavy atom. The summed E-state index contributed by atoms with van der Waals surface area (Å²) in [6.07, 6.45) is 0.435. The Balaban J connectivity index is 1.64. The highest BCUT2D eigenvalue weighted by atomic mass is 35.5. The summed E-state index contributed by atoms with van der Waals surface area (Å²) in [5.41, 5.74) is 2.11. The highest BCUT2D eigenvalue weighted by Crippen LogP contribution is 2.33. The van der Waals surface area contributed by atoms with E-state index in [0.717, 1.165) is 11.3 Å². The second-order valence-electron chi connectivity index (χ2n) is 6.81.